The summed E-state index contributed by atoms with van der Waals surface area (Å²) >= 11 is 0. The number of aliphatic hydroxyl groups is 1. The third-order valence-electron chi connectivity index (χ3n) is 4.78. The third kappa shape index (κ3) is 4.23. The lowest BCUT2D eigenvalue weighted by molar-refractivity contribution is 0.222. The van der Waals surface area contributed by atoms with Gasteiger partial charge < -0.3 is 15.7 Å². The molecule has 3 unspecified atom stereocenters. The van der Waals surface area contributed by atoms with E-state index < -0.39 is 0 Å². The molecule has 0 bridgehead atoms. The maximum Gasteiger partial charge on any atom is 0.315 e. The smallest absolute Gasteiger partial charge is 0.315 e. The monoisotopic (exact) mass is 304 g/mol. The zero-order valence-corrected chi connectivity index (χ0v) is 13.6. The van der Waals surface area contributed by atoms with Crippen molar-refractivity contribution in [1.29, 1.82) is 0 Å². The van der Waals surface area contributed by atoms with Gasteiger partial charge in [-0.05, 0) is 42.2 Å². The summed E-state index contributed by atoms with van der Waals surface area (Å²) in [4.78, 5) is 12.2. The lowest BCUT2D eigenvalue weighted by atomic mass is 9.81. The van der Waals surface area contributed by atoms with E-state index in [-0.39, 0.29) is 18.7 Å². The van der Waals surface area contributed by atoms with Crippen molar-refractivity contribution in [2.75, 3.05) is 13.2 Å². The molecule has 0 fully saturated rings. The van der Waals surface area contributed by atoms with Gasteiger partial charge in [0, 0.05) is 13.2 Å². The van der Waals surface area contributed by atoms with Gasteiger partial charge in [-0.2, -0.15) is 0 Å². The van der Waals surface area contributed by atoms with Crippen molar-refractivity contribution in [1.82, 2.24) is 10.6 Å². The number of amides is 2. The quantitative estimate of drug-likeness (QED) is 0.756. The number of urea groups is 1. The molecule has 22 heavy (non-hydrogen) atoms. The zero-order valence-electron chi connectivity index (χ0n) is 13.6. The molecule has 3 N–H and O–H groups in total. The van der Waals surface area contributed by atoms with Gasteiger partial charge in [0.1, 0.15) is 0 Å². The molecule has 1 aromatic rings. The number of fused-ring (bicyclic) bond motifs is 1. The number of carbonyl (C=O) groups excluding carboxylic acids is 1. The first-order chi connectivity index (χ1) is 10.7. The van der Waals surface area contributed by atoms with E-state index in [0.29, 0.717) is 18.4 Å². The van der Waals surface area contributed by atoms with Crippen LogP contribution in [-0.2, 0) is 6.42 Å². The van der Waals surface area contributed by atoms with Crippen LogP contribution in [0.15, 0.2) is 24.3 Å². The van der Waals surface area contributed by atoms with Gasteiger partial charge in [-0.3, -0.25) is 0 Å². The molecule has 0 radical (unpaired) electrons. The van der Waals surface area contributed by atoms with Crippen LogP contribution in [0.4, 0.5) is 4.79 Å². The summed E-state index contributed by atoms with van der Waals surface area (Å²) in [6.07, 6.45) is 3.89. The Labute approximate surface area is 133 Å². The SMILES string of the molecule is CCC(CCO)CNC(=O)NC1c2ccccc2CCC1C. The first kappa shape index (κ1) is 16.8. The van der Waals surface area contributed by atoms with Crippen LogP contribution in [0.1, 0.15) is 50.3 Å². The summed E-state index contributed by atoms with van der Waals surface area (Å²) in [7, 11) is 0. The average Bonchev–Trinajstić information content (AvgIpc) is 2.54. The Hall–Kier alpha value is -1.55. The van der Waals surface area contributed by atoms with Crippen molar-refractivity contribution >= 4 is 6.03 Å². The van der Waals surface area contributed by atoms with Crippen LogP contribution in [0.2, 0.25) is 0 Å². The van der Waals surface area contributed by atoms with Crippen molar-refractivity contribution in [2.45, 2.75) is 45.6 Å². The summed E-state index contributed by atoms with van der Waals surface area (Å²) in [5.41, 5.74) is 2.59. The van der Waals surface area contributed by atoms with E-state index in [0.717, 1.165) is 25.7 Å². The number of benzene rings is 1. The second kappa shape index (κ2) is 8.18. The van der Waals surface area contributed by atoms with Gasteiger partial charge in [-0.1, -0.05) is 44.5 Å². The highest BCUT2D eigenvalue weighted by molar-refractivity contribution is 5.74. The van der Waals surface area contributed by atoms with Crippen LogP contribution < -0.4 is 10.6 Å². The Morgan fingerprint density at radius 2 is 2.18 bits per heavy atom. The molecule has 2 amide bonds. The van der Waals surface area contributed by atoms with Gasteiger partial charge in [0.15, 0.2) is 0 Å². The van der Waals surface area contributed by atoms with Crippen LogP contribution in [0, 0.1) is 11.8 Å². The summed E-state index contributed by atoms with van der Waals surface area (Å²) in [5.74, 6) is 0.784. The number of hydrogen-bond donors (Lipinski definition) is 3. The first-order valence-corrected chi connectivity index (χ1v) is 8.38. The average molecular weight is 304 g/mol. The number of rotatable bonds is 6. The van der Waals surface area contributed by atoms with E-state index in [1.54, 1.807) is 0 Å². The van der Waals surface area contributed by atoms with Gasteiger partial charge in [-0.15, -0.1) is 0 Å². The summed E-state index contributed by atoms with van der Waals surface area (Å²) in [5, 5.41) is 15.1. The van der Waals surface area contributed by atoms with E-state index in [9.17, 15) is 4.79 Å². The third-order valence-corrected chi connectivity index (χ3v) is 4.78. The molecular weight excluding hydrogens is 276 g/mol. The fourth-order valence-corrected chi connectivity index (χ4v) is 3.20. The molecule has 3 atom stereocenters. The molecule has 1 aliphatic carbocycles. The second-order valence-electron chi connectivity index (χ2n) is 6.33. The van der Waals surface area contributed by atoms with Crippen molar-refractivity contribution in [2.24, 2.45) is 11.8 Å². The Morgan fingerprint density at radius 1 is 1.41 bits per heavy atom. The van der Waals surface area contributed by atoms with Gasteiger partial charge in [0.2, 0.25) is 0 Å². The molecule has 0 aromatic heterocycles. The molecule has 0 spiro atoms. The minimum absolute atomic E-state index is 0.0860. The minimum atomic E-state index is -0.107. The number of aryl methyl sites for hydroxylation is 1. The summed E-state index contributed by atoms with van der Waals surface area (Å²) < 4.78 is 0. The number of aliphatic hydroxyl groups excluding tert-OH is 1. The number of hydrogen-bond acceptors (Lipinski definition) is 2. The van der Waals surface area contributed by atoms with Gasteiger partial charge in [0.25, 0.3) is 0 Å². The van der Waals surface area contributed by atoms with Gasteiger partial charge in [0.05, 0.1) is 6.04 Å². The van der Waals surface area contributed by atoms with Crippen LogP contribution in [0.5, 0.6) is 0 Å². The van der Waals surface area contributed by atoms with Crippen molar-refractivity contribution in [3.63, 3.8) is 0 Å². The Bertz CT molecular complexity index is 490. The lowest BCUT2D eigenvalue weighted by Gasteiger charge is -2.32. The van der Waals surface area contributed by atoms with Crippen LogP contribution in [0.25, 0.3) is 0 Å². The fraction of sp³-hybridized carbons (Fsp3) is 0.611. The molecule has 4 nitrogen and oxygen atoms in total. The number of nitrogens with one attached hydrogen (secondary N) is 2. The van der Waals surface area contributed by atoms with Crippen LogP contribution in [-0.4, -0.2) is 24.3 Å². The van der Waals surface area contributed by atoms with E-state index in [1.807, 2.05) is 6.07 Å². The minimum Gasteiger partial charge on any atom is -0.396 e. The highest BCUT2D eigenvalue weighted by Crippen LogP contribution is 2.33. The van der Waals surface area contributed by atoms with Gasteiger partial charge >= 0.3 is 6.03 Å². The van der Waals surface area contributed by atoms with E-state index >= 15 is 0 Å². The normalized spacial score (nSPS) is 21.8. The number of carbonyl (C=O) groups is 1. The Morgan fingerprint density at radius 3 is 2.91 bits per heavy atom. The maximum atomic E-state index is 12.2. The van der Waals surface area contributed by atoms with Crippen molar-refractivity contribution in [3.8, 4) is 0 Å². The summed E-state index contributed by atoms with van der Waals surface area (Å²) in [6.45, 7) is 5.07. The highest BCUT2D eigenvalue weighted by Gasteiger charge is 2.27. The van der Waals surface area contributed by atoms with E-state index in [4.69, 9.17) is 5.11 Å². The van der Waals surface area contributed by atoms with Crippen LogP contribution in [0.3, 0.4) is 0 Å². The molecule has 0 saturated carbocycles. The molecule has 0 heterocycles. The molecule has 1 aromatic carbocycles. The van der Waals surface area contributed by atoms with E-state index in [1.165, 1.54) is 11.1 Å². The molecular formula is C18H28N2O2. The molecule has 2 rings (SSSR count). The fourth-order valence-electron chi connectivity index (χ4n) is 3.20. The standard InChI is InChI=1S/C18H28N2O2/c1-3-14(10-11-21)12-19-18(22)20-17-13(2)8-9-15-6-4-5-7-16(15)17/h4-7,13-14,17,21H,3,8-12H2,1-2H3,(H2,19,20,22). The van der Waals surface area contributed by atoms with Crippen molar-refractivity contribution in [3.05, 3.63) is 35.4 Å². The van der Waals surface area contributed by atoms with Crippen LogP contribution >= 0.6 is 0 Å². The largest absolute Gasteiger partial charge is 0.396 e. The highest BCUT2D eigenvalue weighted by atomic mass is 16.3. The predicted octanol–water partition coefficient (Wildman–Crippen LogP) is 3.02. The first-order valence-electron chi connectivity index (χ1n) is 8.38. The molecule has 122 valence electrons. The van der Waals surface area contributed by atoms with Crippen molar-refractivity contribution < 1.29 is 9.90 Å². The maximum absolute atomic E-state index is 12.2. The Balaban J connectivity index is 1.93. The molecule has 1 aliphatic rings. The molecule has 0 aliphatic heterocycles. The lowest BCUT2D eigenvalue weighted by Crippen LogP contribution is -2.43. The van der Waals surface area contributed by atoms with E-state index in [2.05, 4.69) is 42.7 Å². The Kier molecular flexibility index (Phi) is 6.25. The topological polar surface area (TPSA) is 61.4 Å². The predicted molar refractivity (Wildman–Crippen MR) is 88.7 cm³/mol. The molecule has 0 saturated heterocycles. The zero-order chi connectivity index (χ0) is 15.9. The van der Waals surface area contributed by atoms with Gasteiger partial charge in [-0.25, -0.2) is 4.79 Å². The molecule has 4 heteroatoms. The summed E-state index contributed by atoms with van der Waals surface area (Å²) in [6, 6.07) is 8.36. The second-order valence-corrected chi connectivity index (χ2v) is 6.33.